The number of carbonyl (C=O) groups is 6. The normalized spacial score (nSPS) is 16.1. The van der Waals surface area contributed by atoms with Crippen LogP contribution in [0.3, 0.4) is 0 Å². The number of rotatable bonds is 9. The lowest BCUT2D eigenvalue weighted by atomic mass is 9.80. The highest BCUT2D eigenvalue weighted by Crippen LogP contribution is 2.39. The summed E-state index contributed by atoms with van der Waals surface area (Å²) >= 11 is 0. The number of benzene rings is 3. The van der Waals surface area contributed by atoms with Crippen LogP contribution in [0.4, 0.5) is 4.39 Å². The number of dihydropyridines is 1. The molecule has 11 nitrogen and oxygen atoms in total. The average molecular weight is 638 g/mol. The lowest BCUT2D eigenvalue weighted by Crippen LogP contribution is -2.36. The summed E-state index contributed by atoms with van der Waals surface area (Å²) in [5, 5.41) is 3.00. The third-order valence-electron chi connectivity index (χ3n) is 8.23. The number of allylic oxidation sites excluding steroid dienone is 2. The molecule has 0 bridgehead atoms. The van der Waals surface area contributed by atoms with E-state index in [4.69, 9.17) is 9.47 Å². The van der Waals surface area contributed by atoms with Crippen molar-refractivity contribution in [3.8, 4) is 0 Å². The summed E-state index contributed by atoms with van der Waals surface area (Å²) in [6, 6.07) is 18.2. The second-order valence-electron chi connectivity index (χ2n) is 11.1. The fourth-order valence-electron chi connectivity index (χ4n) is 6.05. The molecule has 0 fully saturated rings. The molecule has 3 aromatic carbocycles. The number of carbonyl (C=O) groups excluding carboxylic acids is 6. The Labute approximate surface area is 268 Å². The Hall–Kier alpha value is -5.91. The number of hydrogen-bond donors (Lipinski definition) is 1. The number of imide groups is 2. The van der Waals surface area contributed by atoms with Crippen molar-refractivity contribution in [2.75, 3.05) is 26.3 Å². The van der Waals surface area contributed by atoms with Crippen molar-refractivity contribution >= 4 is 35.6 Å². The molecule has 12 heteroatoms. The fraction of sp³-hybridized carbons (Fsp3) is 0.200. The first-order valence-electron chi connectivity index (χ1n) is 14.8. The smallest absolute Gasteiger partial charge is 0.336 e. The Morgan fingerprint density at radius 3 is 1.45 bits per heavy atom. The van der Waals surface area contributed by atoms with E-state index >= 15 is 0 Å². The monoisotopic (exact) mass is 637 g/mol. The summed E-state index contributed by atoms with van der Waals surface area (Å²) in [5.41, 5.74) is 1.98. The Bertz CT molecular complexity index is 1760. The van der Waals surface area contributed by atoms with E-state index in [9.17, 15) is 33.2 Å². The molecule has 1 N–H and O–H groups in total. The number of amides is 4. The van der Waals surface area contributed by atoms with E-state index in [1.807, 2.05) is 0 Å². The zero-order valence-electron chi connectivity index (χ0n) is 25.4. The fourth-order valence-corrected chi connectivity index (χ4v) is 6.05. The molecule has 0 atom stereocenters. The number of nitrogens with zero attached hydrogens (tertiary/aromatic N) is 2. The van der Waals surface area contributed by atoms with E-state index in [0.29, 0.717) is 11.4 Å². The topological polar surface area (TPSA) is 139 Å². The van der Waals surface area contributed by atoms with Gasteiger partial charge in [0.25, 0.3) is 23.6 Å². The lowest BCUT2D eigenvalue weighted by molar-refractivity contribution is -0.140. The van der Waals surface area contributed by atoms with Crippen LogP contribution in [0.1, 0.15) is 66.8 Å². The van der Waals surface area contributed by atoms with Crippen molar-refractivity contribution in [2.45, 2.75) is 19.8 Å². The number of ether oxygens (including phenoxy) is 2. The molecule has 0 radical (unpaired) electrons. The predicted octanol–water partition coefficient (Wildman–Crippen LogP) is 3.74. The maximum atomic E-state index is 14.5. The number of nitrogens with one attached hydrogen (secondary N) is 1. The molecule has 4 amide bonds. The molecule has 3 aliphatic heterocycles. The van der Waals surface area contributed by atoms with Gasteiger partial charge in [0.2, 0.25) is 0 Å². The van der Waals surface area contributed by atoms with Crippen molar-refractivity contribution in [3.05, 3.63) is 129 Å². The zero-order chi connectivity index (χ0) is 33.4. The summed E-state index contributed by atoms with van der Waals surface area (Å²) in [4.78, 5) is 80.2. The first-order chi connectivity index (χ1) is 22.6. The molecule has 3 heterocycles. The molecule has 0 saturated carbocycles. The van der Waals surface area contributed by atoms with Crippen LogP contribution in [0.15, 0.2) is 95.3 Å². The molecule has 0 spiro atoms. The standard InChI is InChI=1S/C35H28FN3O8/c1-19-27(34(44)46-16-14-38-30(40)23-10-3-4-11-24(23)31(38)41)29(21-8-7-9-22(36)18-21)28(20(2)37-19)35(45)47-17-15-39-32(42)25-12-5-6-13-26(25)33(39)43/h3-13,18,29,37H,14-17H2,1-2H3. The van der Waals surface area contributed by atoms with Gasteiger partial charge in [0.15, 0.2) is 0 Å². The van der Waals surface area contributed by atoms with Crippen LogP contribution in [0.2, 0.25) is 0 Å². The van der Waals surface area contributed by atoms with Gasteiger partial charge < -0.3 is 14.8 Å². The second kappa shape index (κ2) is 12.5. The molecule has 0 aromatic heterocycles. The van der Waals surface area contributed by atoms with Gasteiger partial charge in [0.05, 0.1) is 52.4 Å². The van der Waals surface area contributed by atoms with Crippen molar-refractivity contribution in [3.63, 3.8) is 0 Å². The number of halogens is 1. The molecule has 3 aliphatic rings. The van der Waals surface area contributed by atoms with Gasteiger partial charge in [0.1, 0.15) is 19.0 Å². The van der Waals surface area contributed by atoms with Gasteiger partial charge in [0, 0.05) is 11.4 Å². The second-order valence-corrected chi connectivity index (χ2v) is 11.1. The Morgan fingerprint density at radius 1 is 0.660 bits per heavy atom. The molecule has 3 aromatic rings. The molecule has 0 aliphatic carbocycles. The maximum absolute atomic E-state index is 14.5. The van der Waals surface area contributed by atoms with Gasteiger partial charge >= 0.3 is 11.9 Å². The van der Waals surface area contributed by atoms with E-state index < -0.39 is 47.3 Å². The summed E-state index contributed by atoms with van der Waals surface area (Å²) in [6.07, 6.45) is 0. The Morgan fingerprint density at radius 2 is 1.06 bits per heavy atom. The third kappa shape index (κ3) is 5.58. The van der Waals surface area contributed by atoms with Gasteiger partial charge in [-0.15, -0.1) is 0 Å². The Kier molecular flexibility index (Phi) is 8.25. The van der Waals surface area contributed by atoms with Crippen LogP contribution in [0.5, 0.6) is 0 Å². The van der Waals surface area contributed by atoms with Gasteiger partial charge in [-0.25, -0.2) is 14.0 Å². The highest BCUT2D eigenvalue weighted by molar-refractivity contribution is 6.22. The SMILES string of the molecule is CC1=C(C(=O)OCCN2C(=O)c3ccccc3C2=O)C(c2cccc(F)c2)C(C(=O)OCCN2C(=O)c3ccccc3C2=O)=C(C)N1. The molecule has 0 unspecified atom stereocenters. The first kappa shape index (κ1) is 31.1. The van der Waals surface area contributed by atoms with Gasteiger partial charge in [-0.2, -0.15) is 0 Å². The summed E-state index contributed by atoms with van der Waals surface area (Å²) in [6.45, 7) is 2.12. The van der Waals surface area contributed by atoms with Crippen molar-refractivity contribution < 1.29 is 42.6 Å². The number of esters is 2. The third-order valence-corrected chi connectivity index (χ3v) is 8.23. The summed E-state index contributed by atoms with van der Waals surface area (Å²) in [5.74, 6) is -5.44. The zero-order valence-corrected chi connectivity index (χ0v) is 25.4. The van der Waals surface area contributed by atoms with E-state index in [1.54, 1.807) is 68.4 Å². The minimum absolute atomic E-state index is 0.00383. The molecular weight excluding hydrogens is 609 g/mol. The molecule has 47 heavy (non-hydrogen) atoms. The van der Waals surface area contributed by atoms with Crippen LogP contribution in [-0.4, -0.2) is 71.7 Å². The van der Waals surface area contributed by atoms with E-state index in [0.717, 1.165) is 9.80 Å². The predicted molar refractivity (Wildman–Crippen MR) is 163 cm³/mol. The summed E-state index contributed by atoms with van der Waals surface area (Å²) < 4.78 is 25.5. The van der Waals surface area contributed by atoms with Crippen LogP contribution in [-0.2, 0) is 19.1 Å². The minimum atomic E-state index is -1.12. The minimum Gasteiger partial charge on any atom is -0.460 e. The van der Waals surface area contributed by atoms with Crippen molar-refractivity contribution in [2.24, 2.45) is 0 Å². The number of fused-ring (bicyclic) bond motifs is 2. The van der Waals surface area contributed by atoms with Crippen molar-refractivity contribution in [1.82, 2.24) is 15.1 Å². The molecule has 6 rings (SSSR count). The summed E-state index contributed by atoms with van der Waals surface area (Å²) in [7, 11) is 0. The van der Waals surface area contributed by atoms with Gasteiger partial charge in [-0.1, -0.05) is 36.4 Å². The van der Waals surface area contributed by atoms with Crippen LogP contribution >= 0.6 is 0 Å². The largest absolute Gasteiger partial charge is 0.460 e. The van der Waals surface area contributed by atoms with Crippen molar-refractivity contribution in [1.29, 1.82) is 0 Å². The first-order valence-corrected chi connectivity index (χ1v) is 14.8. The lowest BCUT2D eigenvalue weighted by Gasteiger charge is -2.30. The highest BCUT2D eigenvalue weighted by atomic mass is 19.1. The van der Waals surface area contributed by atoms with Crippen LogP contribution in [0.25, 0.3) is 0 Å². The highest BCUT2D eigenvalue weighted by Gasteiger charge is 2.40. The molecular formula is C35H28FN3O8. The molecule has 0 saturated heterocycles. The average Bonchev–Trinajstić information content (AvgIpc) is 3.44. The van der Waals surface area contributed by atoms with Gasteiger partial charge in [-0.3, -0.25) is 29.0 Å². The van der Waals surface area contributed by atoms with E-state index in [2.05, 4.69) is 5.32 Å². The van der Waals surface area contributed by atoms with E-state index in [-0.39, 0.29) is 65.3 Å². The number of hydrogen-bond acceptors (Lipinski definition) is 9. The van der Waals surface area contributed by atoms with Gasteiger partial charge in [-0.05, 0) is 55.8 Å². The maximum Gasteiger partial charge on any atom is 0.336 e. The quantitative estimate of drug-likeness (QED) is 0.275. The molecule has 238 valence electrons. The van der Waals surface area contributed by atoms with E-state index in [1.165, 1.54) is 18.2 Å². The van der Waals surface area contributed by atoms with Crippen LogP contribution < -0.4 is 5.32 Å². The Balaban J connectivity index is 1.18. The van der Waals surface area contributed by atoms with Crippen LogP contribution in [0, 0.1) is 5.82 Å².